The van der Waals surface area contributed by atoms with Crippen molar-refractivity contribution in [1.29, 1.82) is 0 Å². The number of benzene rings is 1. The zero-order valence-corrected chi connectivity index (χ0v) is 11.4. The van der Waals surface area contributed by atoms with Gasteiger partial charge in [0.2, 0.25) is 0 Å². The summed E-state index contributed by atoms with van der Waals surface area (Å²) in [5.41, 5.74) is 3.31. The third-order valence-electron chi connectivity index (χ3n) is 2.66. The van der Waals surface area contributed by atoms with Crippen LogP contribution in [-0.4, -0.2) is 24.8 Å². The van der Waals surface area contributed by atoms with Crippen molar-refractivity contribution in [3.63, 3.8) is 0 Å². The predicted octanol–water partition coefficient (Wildman–Crippen LogP) is 2.04. The first-order valence-corrected chi connectivity index (χ1v) is 6.26. The first kappa shape index (κ1) is 13.9. The average Bonchev–Trinajstić information content (AvgIpc) is 2.31. The van der Waals surface area contributed by atoms with Crippen LogP contribution < -0.4 is 10.1 Å². The van der Waals surface area contributed by atoms with Gasteiger partial charge in [0.1, 0.15) is 5.75 Å². The third kappa shape index (κ3) is 3.97. The first-order chi connectivity index (χ1) is 8.06. The number of ether oxygens (including phenoxy) is 1. The highest BCUT2D eigenvalue weighted by Crippen LogP contribution is 2.25. The zero-order chi connectivity index (χ0) is 12.8. The lowest BCUT2D eigenvalue weighted by Gasteiger charge is -2.13. The molecule has 0 aliphatic carbocycles. The number of thiol groups is 1. The highest BCUT2D eigenvalue weighted by Gasteiger charge is 2.08. The summed E-state index contributed by atoms with van der Waals surface area (Å²) in [7, 11) is 0. The smallest absolute Gasteiger partial charge is 0.257 e. The maximum Gasteiger partial charge on any atom is 0.257 e. The molecule has 0 aliphatic heterocycles. The minimum Gasteiger partial charge on any atom is -0.483 e. The molecule has 1 amide bonds. The van der Waals surface area contributed by atoms with E-state index in [-0.39, 0.29) is 12.5 Å². The van der Waals surface area contributed by atoms with Crippen molar-refractivity contribution in [2.24, 2.45) is 0 Å². The number of nitrogens with one attached hydrogen (secondary N) is 1. The fourth-order valence-electron chi connectivity index (χ4n) is 1.53. The number of amides is 1. The molecular weight excluding hydrogens is 234 g/mol. The molecule has 0 unspecified atom stereocenters. The van der Waals surface area contributed by atoms with Crippen LogP contribution in [-0.2, 0) is 4.79 Å². The number of hydrogen-bond donors (Lipinski definition) is 2. The quantitative estimate of drug-likeness (QED) is 0.788. The van der Waals surface area contributed by atoms with E-state index in [1.54, 1.807) is 0 Å². The Hall–Kier alpha value is -1.16. The van der Waals surface area contributed by atoms with Crippen LogP contribution >= 0.6 is 12.6 Å². The van der Waals surface area contributed by atoms with E-state index in [4.69, 9.17) is 4.74 Å². The van der Waals surface area contributed by atoms with Gasteiger partial charge >= 0.3 is 0 Å². The molecule has 0 saturated carbocycles. The van der Waals surface area contributed by atoms with Crippen LogP contribution in [0.5, 0.6) is 5.75 Å². The zero-order valence-electron chi connectivity index (χ0n) is 10.5. The summed E-state index contributed by atoms with van der Waals surface area (Å²) >= 11 is 4.02. The van der Waals surface area contributed by atoms with Crippen molar-refractivity contribution in [2.45, 2.75) is 20.8 Å². The molecule has 0 radical (unpaired) electrons. The number of rotatable bonds is 5. The summed E-state index contributed by atoms with van der Waals surface area (Å²) in [4.78, 5) is 11.4. The van der Waals surface area contributed by atoms with E-state index in [1.165, 1.54) is 5.56 Å². The van der Waals surface area contributed by atoms with Crippen LogP contribution in [0, 0.1) is 20.8 Å². The molecule has 0 heterocycles. The van der Waals surface area contributed by atoms with Gasteiger partial charge in [0.05, 0.1) is 0 Å². The molecule has 3 nitrogen and oxygen atoms in total. The predicted molar refractivity (Wildman–Crippen MR) is 73.0 cm³/mol. The maximum atomic E-state index is 11.4. The minimum absolute atomic E-state index is 0.0545. The summed E-state index contributed by atoms with van der Waals surface area (Å²) in [5, 5.41) is 2.72. The SMILES string of the molecule is Cc1ccc(C)c(OCC(=O)NCCS)c1C. The first-order valence-electron chi connectivity index (χ1n) is 5.63. The normalized spacial score (nSPS) is 10.1. The van der Waals surface area contributed by atoms with Gasteiger partial charge in [-0.3, -0.25) is 4.79 Å². The van der Waals surface area contributed by atoms with E-state index in [0.717, 1.165) is 16.9 Å². The van der Waals surface area contributed by atoms with Crippen LogP contribution in [0.25, 0.3) is 0 Å². The monoisotopic (exact) mass is 253 g/mol. The van der Waals surface area contributed by atoms with E-state index in [1.807, 2.05) is 26.8 Å². The average molecular weight is 253 g/mol. The standard InChI is InChI=1S/C13H19NO2S/c1-9-4-5-10(2)13(11(9)3)16-8-12(15)14-6-7-17/h4-5,17H,6-8H2,1-3H3,(H,14,15). The number of hydrogen-bond acceptors (Lipinski definition) is 3. The lowest BCUT2D eigenvalue weighted by molar-refractivity contribution is -0.122. The summed E-state index contributed by atoms with van der Waals surface area (Å²) in [6, 6.07) is 4.06. The summed E-state index contributed by atoms with van der Waals surface area (Å²) in [6.45, 7) is 6.63. The van der Waals surface area contributed by atoms with Crippen molar-refractivity contribution in [3.8, 4) is 5.75 Å². The molecule has 0 saturated heterocycles. The third-order valence-corrected chi connectivity index (χ3v) is 2.88. The molecule has 4 heteroatoms. The van der Waals surface area contributed by atoms with Gasteiger partial charge in [0, 0.05) is 12.3 Å². The van der Waals surface area contributed by atoms with Gasteiger partial charge in [-0.15, -0.1) is 0 Å². The van der Waals surface area contributed by atoms with Crippen molar-refractivity contribution in [2.75, 3.05) is 18.9 Å². The Bertz CT molecular complexity index is 405. The molecule has 94 valence electrons. The lowest BCUT2D eigenvalue weighted by Crippen LogP contribution is -2.30. The Kier molecular flexibility index (Phi) is 5.35. The molecule has 1 aromatic carbocycles. The van der Waals surface area contributed by atoms with Crippen molar-refractivity contribution >= 4 is 18.5 Å². The second kappa shape index (κ2) is 6.55. The molecule has 0 spiro atoms. The Balaban J connectivity index is 2.63. The topological polar surface area (TPSA) is 38.3 Å². The highest BCUT2D eigenvalue weighted by atomic mass is 32.1. The maximum absolute atomic E-state index is 11.4. The Morgan fingerprint density at radius 1 is 1.29 bits per heavy atom. The molecule has 1 rings (SSSR count). The number of carbonyl (C=O) groups is 1. The van der Waals surface area contributed by atoms with Crippen LogP contribution in [0.1, 0.15) is 16.7 Å². The minimum atomic E-state index is -0.112. The van der Waals surface area contributed by atoms with Crippen molar-refractivity contribution in [3.05, 3.63) is 28.8 Å². The summed E-state index contributed by atoms with van der Waals surface area (Å²) in [6.07, 6.45) is 0. The molecule has 17 heavy (non-hydrogen) atoms. The Morgan fingerprint density at radius 2 is 1.94 bits per heavy atom. The number of carbonyl (C=O) groups excluding carboxylic acids is 1. The fourth-order valence-corrected chi connectivity index (χ4v) is 1.64. The van der Waals surface area contributed by atoms with Crippen LogP contribution in [0.3, 0.4) is 0 Å². The van der Waals surface area contributed by atoms with Gasteiger partial charge < -0.3 is 10.1 Å². The lowest BCUT2D eigenvalue weighted by atomic mass is 10.1. The van der Waals surface area contributed by atoms with Gasteiger partial charge in [0.15, 0.2) is 6.61 Å². The second-order valence-corrected chi connectivity index (χ2v) is 4.46. The molecule has 1 N–H and O–H groups in total. The van der Waals surface area contributed by atoms with Crippen LogP contribution in [0.15, 0.2) is 12.1 Å². The van der Waals surface area contributed by atoms with Crippen molar-refractivity contribution in [1.82, 2.24) is 5.32 Å². The van der Waals surface area contributed by atoms with Gasteiger partial charge in [-0.1, -0.05) is 12.1 Å². The molecule has 1 aromatic rings. The molecule has 0 fully saturated rings. The van der Waals surface area contributed by atoms with Gasteiger partial charge in [0.25, 0.3) is 5.91 Å². The van der Waals surface area contributed by atoms with E-state index < -0.39 is 0 Å². The molecule has 0 aliphatic rings. The van der Waals surface area contributed by atoms with Gasteiger partial charge in [-0.05, 0) is 37.5 Å². The van der Waals surface area contributed by atoms with E-state index in [0.29, 0.717) is 12.3 Å². The van der Waals surface area contributed by atoms with E-state index in [9.17, 15) is 4.79 Å². The van der Waals surface area contributed by atoms with Gasteiger partial charge in [-0.25, -0.2) is 0 Å². The molecule has 0 aromatic heterocycles. The van der Waals surface area contributed by atoms with Crippen molar-refractivity contribution < 1.29 is 9.53 Å². The highest BCUT2D eigenvalue weighted by molar-refractivity contribution is 7.80. The fraction of sp³-hybridized carbons (Fsp3) is 0.462. The molecule has 0 bridgehead atoms. The molecule has 0 atom stereocenters. The van der Waals surface area contributed by atoms with E-state index >= 15 is 0 Å². The van der Waals surface area contributed by atoms with Crippen LogP contribution in [0.2, 0.25) is 0 Å². The summed E-state index contributed by atoms with van der Waals surface area (Å²) < 4.78 is 5.57. The van der Waals surface area contributed by atoms with Gasteiger partial charge in [-0.2, -0.15) is 12.6 Å². The number of aryl methyl sites for hydroxylation is 2. The Labute approximate surface area is 108 Å². The van der Waals surface area contributed by atoms with E-state index in [2.05, 4.69) is 24.0 Å². The Morgan fingerprint density at radius 3 is 2.59 bits per heavy atom. The second-order valence-electron chi connectivity index (χ2n) is 4.02. The van der Waals surface area contributed by atoms with Crippen LogP contribution in [0.4, 0.5) is 0 Å². The molecular formula is C13H19NO2S. The largest absolute Gasteiger partial charge is 0.483 e. The summed E-state index contributed by atoms with van der Waals surface area (Å²) in [5.74, 6) is 1.33.